The van der Waals surface area contributed by atoms with Gasteiger partial charge in [-0.1, -0.05) is 38.1 Å². The van der Waals surface area contributed by atoms with Crippen molar-refractivity contribution in [2.75, 3.05) is 50.8 Å². The van der Waals surface area contributed by atoms with Crippen LogP contribution >= 0.6 is 0 Å². The van der Waals surface area contributed by atoms with E-state index in [0.29, 0.717) is 18.2 Å². The molecule has 0 unspecified atom stereocenters. The van der Waals surface area contributed by atoms with Gasteiger partial charge in [-0.05, 0) is 42.4 Å². The van der Waals surface area contributed by atoms with Gasteiger partial charge in [0.2, 0.25) is 5.95 Å². The fraction of sp³-hybridized carbons (Fsp3) is 0.577. The maximum Gasteiger partial charge on any atom is 0.270 e. The molecule has 0 radical (unpaired) electrons. The van der Waals surface area contributed by atoms with Gasteiger partial charge in [-0.25, -0.2) is 9.97 Å². The summed E-state index contributed by atoms with van der Waals surface area (Å²) in [4.78, 5) is 27.4. The van der Waals surface area contributed by atoms with Crippen LogP contribution in [0.15, 0.2) is 30.3 Å². The number of carbonyl (C=O) groups excluding carboxylic acids is 1. The summed E-state index contributed by atoms with van der Waals surface area (Å²) in [5.74, 6) is 0.799. The van der Waals surface area contributed by atoms with Gasteiger partial charge in [0.25, 0.3) is 5.91 Å². The largest absolute Gasteiger partial charge is 0.379 e. The number of hydrogen-bond acceptors (Lipinski definition) is 6. The number of ether oxygens (including phenoxy) is 1. The Morgan fingerprint density at radius 2 is 1.88 bits per heavy atom. The van der Waals surface area contributed by atoms with Crippen LogP contribution in [0.4, 0.5) is 5.95 Å². The van der Waals surface area contributed by atoms with Crippen LogP contribution in [0.25, 0.3) is 0 Å². The molecular formula is C26H35N5O2. The van der Waals surface area contributed by atoms with Crippen molar-refractivity contribution in [2.24, 2.45) is 5.41 Å². The first-order chi connectivity index (χ1) is 16.0. The van der Waals surface area contributed by atoms with Crippen molar-refractivity contribution < 1.29 is 9.53 Å². The topological polar surface area (TPSA) is 70.6 Å². The average Bonchev–Trinajstić information content (AvgIpc) is 3.62. The zero-order chi connectivity index (χ0) is 22.8. The van der Waals surface area contributed by atoms with Gasteiger partial charge in [-0.15, -0.1) is 0 Å². The third-order valence-corrected chi connectivity index (χ3v) is 7.22. The maximum absolute atomic E-state index is 13.2. The first kappa shape index (κ1) is 22.3. The van der Waals surface area contributed by atoms with Gasteiger partial charge in [0, 0.05) is 50.4 Å². The van der Waals surface area contributed by atoms with Crippen molar-refractivity contribution in [2.45, 2.75) is 45.6 Å². The Kier molecular flexibility index (Phi) is 6.34. The van der Waals surface area contributed by atoms with Gasteiger partial charge < -0.3 is 15.0 Å². The monoisotopic (exact) mass is 449 g/mol. The highest BCUT2D eigenvalue weighted by Crippen LogP contribution is 2.45. The highest BCUT2D eigenvalue weighted by molar-refractivity contribution is 5.92. The Hall–Kier alpha value is -2.51. The number of fused-ring (bicyclic) bond motifs is 1. The summed E-state index contributed by atoms with van der Waals surface area (Å²) in [6.07, 6.45) is 3.31. The Bertz CT molecular complexity index is 998. The van der Waals surface area contributed by atoms with Crippen molar-refractivity contribution in [3.8, 4) is 0 Å². The zero-order valence-corrected chi connectivity index (χ0v) is 19.8. The van der Waals surface area contributed by atoms with Gasteiger partial charge in [0.1, 0.15) is 5.69 Å². The lowest BCUT2D eigenvalue weighted by atomic mass is 10.0. The van der Waals surface area contributed by atoms with Gasteiger partial charge in [0.05, 0.1) is 13.2 Å². The molecule has 1 aliphatic carbocycles. The van der Waals surface area contributed by atoms with Crippen molar-refractivity contribution in [3.05, 3.63) is 52.8 Å². The first-order valence-electron chi connectivity index (χ1n) is 12.3. The number of aromatic nitrogens is 2. The molecule has 176 valence electrons. The molecule has 0 atom stereocenters. The Balaban J connectivity index is 1.28. The molecule has 1 saturated carbocycles. The number of anilines is 1. The quantitative estimate of drug-likeness (QED) is 0.701. The van der Waals surface area contributed by atoms with Crippen LogP contribution in [0.3, 0.4) is 0 Å². The number of rotatable bonds is 7. The Labute approximate surface area is 196 Å². The molecule has 3 heterocycles. The van der Waals surface area contributed by atoms with Crippen LogP contribution in [0, 0.1) is 5.41 Å². The number of nitrogens with zero attached hydrogens (tertiary/aromatic N) is 4. The zero-order valence-electron chi connectivity index (χ0n) is 19.8. The van der Waals surface area contributed by atoms with E-state index >= 15 is 0 Å². The second-order valence-corrected chi connectivity index (χ2v) is 10.1. The highest BCUT2D eigenvalue weighted by atomic mass is 16.5. The molecule has 2 aromatic rings. The third kappa shape index (κ3) is 5.20. The van der Waals surface area contributed by atoms with Crippen LogP contribution in [-0.4, -0.2) is 66.7 Å². The molecule has 2 aliphatic heterocycles. The van der Waals surface area contributed by atoms with E-state index in [9.17, 15) is 4.79 Å². The summed E-state index contributed by atoms with van der Waals surface area (Å²) >= 11 is 0. The van der Waals surface area contributed by atoms with E-state index < -0.39 is 0 Å². The normalized spacial score (nSPS) is 19.9. The van der Waals surface area contributed by atoms with Gasteiger partial charge in [-0.3, -0.25) is 9.69 Å². The molecule has 1 aromatic heterocycles. The molecule has 2 fully saturated rings. The summed E-state index contributed by atoms with van der Waals surface area (Å²) in [5.41, 5.74) is 4.30. The van der Waals surface area contributed by atoms with Crippen molar-refractivity contribution in [3.63, 3.8) is 0 Å². The van der Waals surface area contributed by atoms with Crippen molar-refractivity contribution in [1.29, 1.82) is 0 Å². The molecule has 7 heteroatoms. The fourth-order valence-corrected chi connectivity index (χ4v) is 4.83. The van der Waals surface area contributed by atoms with Crippen LogP contribution in [-0.2, 0) is 17.7 Å². The summed E-state index contributed by atoms with van der Waals surface area (Å²) in [5, 5.41) is 3.20. The molecule has 0 spiro atoms. The molecule has 0 bridgehead atoms. The van der Waals surface area contributed by atoms with Crippen LogP contribution in [0.5, 0.6) is 0 Å². The summed E-state index contributed by atoms with van der Waals surface area (Å²) < 4.78 is 5.47. The van der Waals surface area contributed by atoms with Gasteiger partial charge in [0.15, 0.2) is 0 Å². The first-order valence-corrected chi connectivity index (χ1v) is 12.3. The van der Waals surface area contributed by atoms with E-state index in [1.54, 1.807) is 0 Å². The minimum absolute atomic E-state index is 0.0915. The number of hydrogen-bond donors (Lipinski definition) is 1. The van der Waals surface area contributed by atoms with Crippen molar-refractivity contribution >= 4 is 11.9 Å². The van der Waals surface area contributed by atoms with E-state index in [-0.39, 0.29) is 17.2 Å². The lowest BCUT2D eigenvalue weighted by molar-refractivity contribution is 0.0283. The molecule has 1 aromatic carbocycles. The average molecular weight is 450 g/mol. The third-order valence-electron chi connectivity index (χ3n) is 7.22. The van der Waals surface area contributed by atoms with Crippen LogP contribution < -0.4 is 10.2 Å². The predicted molar refractivity (Wildman–Crippen MR) is 129 cm³/mol. The molecule has 3 aliphatic rings. The number of nitrogens with one attached hydrogen (secondary N) is 1. The maximum atomic E-state index is 13.2. The second kappa shape index (κ2) is 9.39. The van der Waals surface area contributed by atoms with Crippen molar-refractivity contribution in [1.82, 2.24) is 20.2 Å². The molecule has 7 nitrogen and oxygen atoms in total. The lowest BCUT2D eigenvalue weighted by Gasteiger charge is -2.30. The minimum atomic E-state index is -0.0915. The Morgan fingerprint density at radius 1 is 1.12 bits per heavy atom. The van der Waals surface area contributed by atoms with Gasteiger partial charge in [-0.2, -0.15) is 0 Å². The van der Waals surface area contributed by atoms with E-state index in [4.69, 9.17) is 14.7 Å². The van der Waals surface area contributed by atoms with E-state index in [1.165, 1.54) is 24.0 Å². The van der Waals surface area contributed by atoms with Crippen LogP contribution in [0.1, 0.15) is 59.9 Å². The molecule has 1 amide bonds. The number of benzene rings is 1. The number of morpholine rings is 1. The molecule has 1 saturated heterocycles. The SMILES string of the molecule is CC(C)c1cc(C(=O)NCC2(CN3CCOCC3)CC2)nc(N2CCc3ccccc3C2)n1. The number of carbonyl (C=O) groups is 1. The molecule has 33 heavy (non-hydrogen) atoms. The molecule has 5 rings (SSSR count). The standard InChI is InChI=1S/C26H35N5O2/c1-19(2)22-15-23(24(32)27-17-26(8-9-26)18-30-11-13-33-14-12-30)29-25(28-22)31-10-7-20-5-3-4-6-21(20)16-31/h3-6,15,19H,7-14,16-18H2,1-2H3,(H,27,32). The molecule has 1 N–H and O–H groups in total. The highest BCUT2D eigenvalue weighted by Gasteiger charge is 2.44. The van der Waals surface area contributed by atoms with E-state index in [1.807, 2.05) is 6.07 Å². The number of amides is 1. The van der Waals surface area contributed by atoms with E-state index in [2.05, 4.69) is 53.2 Å². The summed E-state index contributed by atoms with van der Waals surface area (Å²) in [6.45, 7) is 11.2. The molecular weight excluding hydrogens is 414 g/mol. The Morgan fingerprint density at radius 3 is 2.61 bits per heavy atom. The lowest BCUT2D eigenvalue weighted by Crippen LogP contribution is -2.43. The minimum Gasteiger partial charge on any atom is -0.379 e. The van der Waals surface area contributed by atoms with Crippen LogP contribution in [0.2, 0.25) is 0 Å². The fourth-order valence-electron chi connectivity index (χ4n) is 4.83. The summed E-state index contributed by atoms with van der Waals surface area (Å²) in [7, 11) is 0. The smallest absolute Gasteiger partial charge is 0.270 e. The van der Waals surface area contributed by atoms with Gasteiger partial charge >= 0.3 is 0 Å². The van der Waals surface area contributed by atoms with E-state index in [0.717, 1.165) is 58.1 Å². The predicted octanol–water partition coefficient (Wildman–Crippen LogP) is 3.00. The summed E-state index contributed by atoms with van der Waals surface area (Å²) in [6, 6.07) is 10.4. The second-order valence-electron chi connectivity index (χ2n) is 10.1.